The average molecular weight is 379 g/mol. The number of carboxylic acid groups (broad SMARTS) is 1. The summed E-state index contributed by atoms with van der Waals surface area (Å²) in [5.41, 5.74) is 2.44. The van der Waals surface area contributed by atoms with Crippen molar-refractivity contribution in [3.63, 3.8) is 0 Å². The van der Waals surface area contributed by atoms with Crippen molar-refractivity contribution in [1.82, 2.24) is 24.5 Å². The molecule has 8 nitrogen and oxygen atoms in total. The number of likely N-dealkylation sites (tertiary alicyclic amines) is 1. The molecule has 0 radical (unpaired) electrons. The Labute approximate surface area is 162 Å². The van der Waals surface area contributed by atoms with Crippen LogP contribution in [-0.2, 0) is 0 Å². The maximum Gasteiger partial charge on any atom is 0.338 e. The number of carbonyl (C=O) groups excluding carboxylic acids is 1. The van der Waals surface area contributed by atoms with Gasteiger partial charge in [-0.2, -0.15) is 10.2 Å². The maximum absolute atomic E-state index is 12.9. The molecule has 1 N–H and O–H groups in total. The van der Waals surface area contributed by atoms with Crippen molar-refractivity contribution in [3.8, 4) is 5.69 Å². The molecule has 3 aromatic rings. The van der Waals surface area contributed by atoms with E-state index in [0.717, 1.165) is 24.2 Å². The van der Waals surface area contributed by atoms with Gasteiger partial charge in [-0.1, -0.05) is 18.2 Å². The number of aromatic carboxylic acids is 1. The standard InChI is InChI=1S/C20H21N5O3/c1-14-11-18(22-25(14)17-5-3-2-4-6-17)19(26)23-9-7-16(8-10-23)24-13-15(12-21-24)20(27)28/h2-6,11-13,16H,7-10H2,1H3,(H,27,28). The van der Waals surface area contributed by atoms with Crippen LogP contribution in [0.1, 0.15) is 45.4 Å². The van der Waals surface area contributed by atoms with E-state index in [0.29, 0.717) is 18.8 Å². The number of aromatic nitrogens is 4. The third-order valence-electron chi connectivity index (χ3n) is 5.08. The number of amides is 1. The van der Waals surface area contributed by atoms with Gasteiger partial charge in [-0.15, -0.1) is 0 Å². The molecule has 1 aromatic carbocycles. The molecule has 0 atom stereocenters. The number of piperidine rings is 1. The molecule has 1 saturated heterocycles. The highest BCUT2D eigenvalue weighted by atomic mass is 16.4. The molecule has 4 rings (SSSR count). The highest BCUT2D eigenvalue weighted by Crippen LogP contribution is 2.23. The lowest BCUT2D eigenvalue weighted by atomic mass is 10.0. The molecule has 0 saturated carbocycles. The zero-order chi connectivity index (χ0) is 19.7. The third kappa shape index (κ3) is 3.40. The first kappa shape index (κ1) is 18.0. The predicted octanol–water partition coefficient (Wildman–Crippen LogP) is 2.55. The number of benzene rings is 1. The van der Waals surface area contributed by atoms with E-state index in [4.69, 9.17) is 5.11 Å². The minimum absolute atomic E-state index is 0.0806. The highest BCUT2D eigenvalue weighted by molar-refractivity contribution is 5.92. The van der Waals surface area contributed by atoms with E-state index in [1.807, 2.05) is 43.3 Å². The number of carbonyl (C=O) groups is 2. The molecule has 1 fully saturated rings. The molecule has 3 heterocycles. The van der Waals surface area contributed by atoms with Crippen molar-refractivity contribution >= 4 is 11.9 Å². The molecule has 1 amide bonds. The normalized spacial score (nSPS) is 15.0. The van der Waals surface area contributed by atoms with Crippen LogP contribution in [0, 0.1) is 6.92 Å². The van der Waals surface area contributed by atoms with E-state index >= 15 is 0 Å². The summed E-state index contributed by atoms with van der Waals surface area (Å²) in [5, 5.41) is 17.7. The summed E-state index contributed by atoms with van der Waals surface area (Å²) in [4.78, 5) is 25.7. The Bertz CT molecular complexity index is 1000. The van der Waals surface area contributed by atoms with Gasteiger partial charge in [0.15, 0.2) is 5.69 Å². The summed E-state index contributed by atoms with van der Waals surface area (Å²) in [6, 6.07) is 11.6. The van der Waals surface area contributed by atoms with Gasteiger partial charge in [0, 0.05) is 25.0 Å². The topological polar surface area (TPSA) is 93.2 Å². The van der Waals surface area contributed by atoms with Crippen LogP contribution in [-0.4, -0.2) is 54.5 Å². The van der Waals surface area contributed by atoms with E-state index < -0.39 is 5.97 Å². The molecule has 0 unspecified atom stereocenters. The van der Waals surface area contributed by atoms with Crippen molar-refractivity contribution in [3.05, 3.63) is 65.7 Å². The SMILES string of the molecule is Cc1cc(C(=O)N2CCC(n3cc(C(=O)O)cn3)CC2)nn1-c1ccccc1. The monoisotopic (exact) mass is 379 g/mol. The Kier molecular flexibility index (Phi) is 4.68. The van der Waals surface area contributed by atoms with Crippen molar-refractivity contribution in [2.45, 2.75) is 25.8 Å². The average Bonchev–Trinajstić information content (AvgIpc) is 3.36. The first-order valence-corrected chi connectivity index (χ1v) is 9.22. The third-order valence-corrected chi connectivity index (χ3v) is 5.08. The lowest BCUT2D eigenvalue weighted by molar-refractivity contribution is 0.0682. The van der Waals surface area contributed by atoms with Crippen molar-refractivity contribution in [2.24, 2.45) is 0 Å². The quantitative estimate of drug-likeness (QED) is 0.752. The van der Waals surface area contributed by atoms with E-state index in [1.54, 1.807) is 20.5 Å². The second kappa shape index (κ2) is 7.30. The van der Waals surface area contributed by atoms with Crippen LogP contribution in [0.2, 0.25) is 0 Å². The van der Waals surface area contributed by atoms with E-state index in [9.17, 15) is 9.59 Å². The molecule has 0 aliphatic carbocycles. The van der Waals surface area contributed by atoms with Gasteiger partial charge in [-0.05, 0) is 38.0 Å². The van der Waals surface area contributed by atoms with Crippen LogP contribution in [0.3, 0.4) is 0 Å². The minimum atomic E-state index is -0.983. The minimum Gasteiger partial charge on any atom is -0.478 e. The van der Waals surface area contributed by atoms with Crippen molar-refractivity contribution < 1.29 is 14.7 Å². The molecule has 0 spiro atoms. The number of hydrogen-bond donors (Lipinski definition) is 1. The van der Waals surface area contributed by atoms with Gasteiger partial charge in [0.2, 0.25) is 0 Å². The first-order valence-electron chi connectivity index (χ1n) is 9.22. The molecule has 144 valence electrons. The Morgan fingerprint density at radius 2 is 1.86 bits per heavy atom. The molecule has 1 aliphatic rings. The predicted molar refractivity (Wildman–Crippen MR) is 102 cm³/mol. The molecule has 2 aromatic heterocycles. The lowest BCUT2D eigenvalue weighted by Crippen LogP contribution is -2.39. The fourth-order valence-corrected chi connectivity index (χ4v) is 3.55. The Morgan fingerprint density at radius 3 is 2.50 bits per heavy atom. The Morgan fingerprint density at radius 1 is 1.14 bits per heavy atom. The summed E-state index contributed by atoms with van der Waals surface area (Å²) < 4.78 is 3.47. The molecular weight excluding hydrogens is 358 g/mol. The van der Waals surface area contributed by atoms with Crippen LogP contribution >= 0.6 is 0 Å². The molecular formula is C20H21N5O3. The molecule has 28 heavy (non-hydrogen) atoms. The second-order valence-corrected chi connectivity index (χ2v) is 6.96. The first-order chi connectivity index (χ1) is 13.5. The summed E-state index contributed by atoms with van der Waals surface area (Å²) >= 11 is 0. The van der Waals surface area contributed by atoms with Gasteiger partial charge < -0.3 is 10.0 Å². The van der Waals surface area contributed by atoms with Crippen LogP contribution in [0.15, 0.2) is 48.8 Å². The molecule has 1 aliphatic heterocycles. The van der Waals surface area contributed by atoms with Crippen LogP contribution in [0.4, 0.5) is 0 Å². The summed E-state index contributed by atoms with van der Waals surface area (Å²) in [7, 11) is 0. The summed E-state index contributed by atoms with van der Waals surface area (Å²) in [6.07, 6.45) is 4.37. The van der Waals surface area contributed by atoms with Crippen LogP contribution in [0.5, 0.6) is 0 Å². The van der Waals surface area contributed by atoms with Gasteiger partial charge in [0.05, 0.1) is 23.5 Å². The van der Waals surface area contributed by atoms with Gasteiger partial charge in [0.25, 0.3) is 5.91 Å². The number of rotatable bonds is 4. The number of carboxylic acids is 1. The number of para-hydroxylation sites is 1. The van der Waals surface area contributed by atoms with Crippen LogP contribution in [0.25, 0.3) is 5.69 Å². The van der Waals surface area contributed by atoms with Crippen molar-refractivity contribution in [2.75, 3.05) is 13.1 Å². The molecule has 0 bridgehead atoms. The second-order valence-electron chi connectivity index (χ2n) is 6.96. The highest BCUT2D eigenvalue weighted by Gasteiger charge is 2.27. The van der Waals surface area contributed by atoms with Crippen LogP contribution < -0.4 is 0 Å². The van der Waals surface area contributed by atoms with E-state index in [2.05, 4.69) is 10.2 Å². The number of nitrogens with zero attached hydrogens (tertiary/aromatic N) is 5. The lowest BCUT2D eigenvalue weighted by Gasteiger charge is -2.31. The van der Waals surface area contributed by atoms with E-state index in [1.165, 1.54) is 6.20 Å². The fraction of sp³-hybridized carbons (Fsp3) is 0.300. The molecule has 8 heteroatoms. The van der Waals surface area contributed by atoms with Gasteiger partial charge >= 0.3 is 5.97 Å². The zero-order valence-electron chi connectivity index (χ0n) is 15.5. The largest absolute Gasteiger partial charge is 0.478 e. The van der Waals surface area contributed by atoms with Crippen molar-refractivity contribution in [1.29, 1.82) is 0 Å². The maximum atomic E-state index is 12.9. The zero-order valence-corrected chi connectivity index (χ0v) is 15.5. The van der Waals surface area contributed by atoms with E-state index in [-0.39, 0.29) is 17.5 Å². The number of hydrogen-bond acceptors (Lipinski definition) is 4. The van der Waals surface area contributed by atoms with Gasteiger partial charge in [-0.25, -0.2) is 9.48 Å². The fourth-order valence-electron chi connectivity index (χ4n) is 3.55. The Balaban J connectivity index is 1.43. The summed E-state index contributed by atoms with van der Waals surface area (Å²) in [5.74, 6) is -1.06. The van der Waals surface area contributed by atoms with Gasteiger partial charge in [0.1, 0.15) is 0 Å². The smallest absolute Gasteiger partial charge is 0.338 e. The summed E-state index contributed by atoms with van der Waals surface area (Å²) in [6.45, 7) is 3.10. The van der Waals surface area contributed by atoms with Gasteiger partial charge in [-0.3, -0.25) is 9.48 Å². The number of aryl methyl sites for hydroxylation is 1. The Hall–Kier alpha value is -3.42.